The standard InChI is InChI=1S/C51H73N7O11/c1-32(2)27-39(49(65)58-31-41-36(29-42(58)51(68)69)35-23-19-20-24-37(35)53-41)55-48(64)46(33(3)59)57-45(62)26-18-13-11-9-7-5-4-6-8-10-12-17-25-44(61)54-38(30-43(52)60)47(63)56-40(50(66)67)28-34-21-15-14-16-22-34/h14-16,19-24,32-33,38-40,42,46,53,59H,4-13,17-18,25-31H2,1-3H3,(H2,52,60)(H,54,61)(H,55,64)(H,56,63)(H,57,62)(H,66,67)(H,68,69)/t33-,38-,39-,40-,42?,46-/m0/s1. The van der Waals surface area contributed by atoms with Crippen LogP contribution in [0.25, 0.3) is 10.9 Å². The van der Waals surface area contributed by atoms with Crippen LogP contribution < -0.4 is 27.0 Å². The number of hydrogen-bond donors (Lipinski definition) is 9. The topological polar surface area (TPSA) is 290 Å². The van der Waals surface area contributed by atoms with Crippen LogP contribution >= 0.6 is 0 Å². The average Bonchev–Trinajstić information content (AvgIpc) is 3.67. The van der Waals surface area contributed by atoms with Crippen molar-refractivity contribution in [3.05, 3.63) is 71.4 Å². The molecule has 2 heterocycles. The first-order chi connectivity index (χ1) is 32.9. The Morgan fingerprint density at radius 2 is 1.22 bits per heavy atom. The van der Waals surface area contributed by atoms with Crippen molar-refractivity contribution in [3.8, 4) is 0 Å². The second-order valence-electron chi connectivity index (χ2n) is 18.8. The van der Waals surface area contributed by atoms with Crippen LogP contribution in [0.2, 0.25) is 0 Å². The number of carboxylic acid groups (broad SMARTS) is 2. The molecule has 18 nitrogen and oxygen atoms in total. The summed E-state index contributed by atoms with van der Waals surface area (Å²) in [5, 5.41) is 41.6. The molecule has 10 N–H and O–H groups in total. The number of hydrogen-bond acceptors (Lipinski definition) is 9. The van der Waals surface area contributed by atoms with Crippen LogP contribution in [0.1, 0.15) is 140 Å². The number of nitrogens with zero attached hydrogens (tertiary/aromatic N) is 1. The van der Waals surface area contributed by atoms with E-state index in [1.807, 2.05) is 38.1 Å². The van der Waals surface area contributed by atoms with Gasteiger partial charge < -0.3 is 52.2 Å². The van der Waals surface area contributed by atoms with Crippen molar-refractivity contribution < 1.29 is 53.7 Å². The highest BCUT2D eigenvalue weighted by Gasteiger charge is 2.40. The molecule has 4 rings (SSSR count). The molecule has 0 spiro atoms. The number of aliphatic hydroxyl groups excluding tert-OH is 1. The summed E-state index contributed by atoms with van der Waals surface area (Å²) < 4.78 is 0. The van der Waals surface area contributed by atoms with Gasteiger partial charge >= 0.3 is 11.9 Å². The first kappa shape index (κ1) is 55.3. The van der Waals surface area contributed by atoms with Gasteiger partial charge in [0.1, 0.15) is 30.2 Å². The van der Waals surface area contributed by atoms with Gasteiger partial charge in [0.25, 0.3) is 0 Å². The summed E-state index contributed by atoms with van der Waals surface area (Å²) >= 11 is 0. The highest BCUT2D eigenvalue weighted by atomic mass is 16.4. The van der Waals surface area contributed by atoms with Gasteiger partial charge in [-0.2, -0.15) is 0 Å². The highest BCUT2D eigenvalue weighted by molar-refractivity contribution is 5.95. The van der Waals surface area contributed by atoms with E-state index in [1.54, 1.807) is 30.3 Å². The van der Waals surface area contributed by atoms with E-state index in [4.69, 9.17) is 5.73 Å². The predicted molar refractivity (Wildman–Crippen MR) is 259 cm³/mol. The second-order valence-corrected chi connectivity index (χ2v) is 18.8. The average molecular weight is 960 g/mol. The molecule has 1 aliphatic heterocycles. The van der Waals surface area contributed by atoms with Gasteiger partial charge in [-0.3, -0.25) is 28.8 Å². The molecule has 0 saturated carbocycles. The summed E-state index contributed by atoms with van der Waals surface area (Å²) in [5.41, 5.74) is 8.45. The van der Waals surface area contributed by atoms with Gasteiger partial charge in [-0.15, -0.1) is 0 Å². The Bertz CT molecular complexity index is 2190. The minimum Gasteiger partial charge on any atom is -0.480 e. The van der Waals surface area contributed by atoms with Gasteiger partial charge in [-0.25, -0.2) is 9.59 Å². The van der Waals surface area contributed by atoms with Crippen LogP contribution in [0, 0.1) is 5.92 Å². The Morgan fingerprint density at radius 1 is 0.681 bits per heavy atom. The number of benzene rings is 2. The summed E-state index contributed by atoms with van der Waals surface area (Å²) in [6.45, 7) is 5.19. The lowest BCUT2D eigenvalue weighted by Crippen LogP contribution is -2.59. The predicted octanol–water partition coefficient (Wildman–Crippen LogP) is 4.54. The maximum Gasteiger partial charge on any atom is 0.326 e. The van der Waals surface area contributed by atoms with Crippen molar-refractivity contribution in [1.82, 2.24) is 31.2 Å². The molecule has 6 amide bonds. The van der Waals surface area contributed by atoms with Crippen molar-refractivity contribution >= 4 is 58.3 Å². The molecule has 0 bridgehead atoms. The molecule has 0 saturated heterocycles. The minimum atomic E-state index is -1.31. The number of carboxylic acids is 2. The smallest absolute Gasteiger partial charge is 0.326 e. The Morgan fingerprint density at radius 3 is 1.75 bits per heavy atom. The first-order valence-corrected chi connectivity index (χ1v) is 24.5. The number of carbonyl (C=O) groups is 8. The lowest BCUT2D eigenvalue weighted by atomic mass is 9.94. The van der Waals surface area contributed by atoms with E-state index in [1.165, 1.54) is 11.8 Å². The number of carbonyl (C=O) groups excluding carboxylic acids is 6. The highest BCUT2D eigenvalue weighted by Crippen LogP contribution is 2.31. The van der Waals surface area contributed by atoms with Gasteiger partial charge in [-0.1, -0.05) is 127 Å². The van der Waals surface area contributed by atoms with Crippen molar-refractivity contribution in [2.45, 2.75) is 179 Å². The Labute approximate surface area is 404 Å². The maximum atomic E-state index is 14.1. The maximum absolute atomic E-state index is 14.1. The number of aliphatic hydroxyl groups is 1. The number of nitrogens with one attached hydrogen (secondary N) is 5. The zero-order valence-corrected chi connectivity index (χ0v) is 40.3. The molecule has 0 fully saturated rings. The molecule has 1 aromatic heterocycles. The van der Waals surface area contributed by atoms with Crippen molar-refractivity contribution in [1.29, 1.82) is 0 Å². The third-order valence-corrected chi connectivity index (χ3v) is 12.5. The normalized spacial score (nSPS) is 15.6. The van der Waals surface area contributed by atoms with Crippen LogP contribution in [-0.2, 0) is 57.7 Å². The van der Waals surface area contributed by atoms with Crippen LogP contribution in [0.5, 0.6) is 0 Å². The molecule has 2 aromatic carbocycles. The second kappa shape index (κ2) is 28.3. The Hall–Kier alpha value is -6.30. The summed E-state index contributed by atoms with van der Waals surface area (Å²) in [6.07, 6.45) is 9.97. The number of aromatic nitrogens is 1. The number of aromatic amines is 1. The number of aliphatic carboxylic acids is 2. The zero-order valence-electron chi connectivity index (χ0n) is 40.3. The van der Waals surface area contributed by atoms with Gasteiger partial charge in [0, 0.05) is 42.3 Å². The lowest BCUT2D eigenvalue weighted by molar-refractivity contribution is -0.153. The van der Waals surface area contributed by atoms with E-state index in [-0.39, 0.29) is 44.6 Å². The molecule has 1 unspecified atom stereocenters. The fraction of sp³-hybridized carbons (Fsp3) is 0.569. The molecule has 0 radical (unpaired) electrons. The summed E-state index contributed by atoms with van der Waals surface area (Å²) in [6, 6.07) is 10.3. The van der Waals surface area contributed by atoms with Gasteiger partial charge in [0.2, 0.25) is 35.4 Å². The Balaban J connectivity index is 1.08. The number of nitrogens with two attached hydrogens (primary N) is 1. The van der Waals surface area contributed by atoms with E-state index >= 15 is 0 Å². The fourth-order valence-corrected chi connectivity index (χ4v) is 8.80. The van der Waals surface area contributed by atoms with Gasteiger partial charge in [0.15, 0.2) is 0 Å². The van der Waals surface area contributed by atoms with Gasteiger partial charge in [-0.05, 0) is 49.3 Å². The number of rotatable bonds is 31. The quantitative estimate of drug-likeness (QED) is 0.0404. The molecule has 3 aromatic rings. The van der Waals surface area contributed by atoms with Crippen LogP contribution in [-0.4, -0.2) is 109 Å². The van der Waals surface area contributed by atoms with E-state index < -0.39 is 90.1 Å². The number of primary amides is 1. The van der Waals surface area contributed by atoms with E-state index in [9.17, 15) is 53.7 Å². The number of H-pyrrole nitrogens is 1. The van der Waals surface area contributed by atoms with Crippen molar-refractivity contribution in [2.75, 3.05) is 0 Å². The van der Waals surface area contributed by atoms with Crippen LogP contribution in [0.15, 0.2) is 54.6 Å². The van der Waals surface area contributed by atoms with E-state index in [2.05, 4.69) is 26.3 Å². The lowest BCUT2D eigenvalue weighted by Gasteiger charge is -2.36. The molecule has 378 valence electrons. The largest absolute Gasteiger partial charge is 0.480 e. The van der Waals surface area contributed by atoms with E-state index in [0.29, 0.717) is 18.4 Å². The summed E-state index contributed by atoms with van der Waals surface area (Å²) in [4.78, 5) is 107. The van der Waals surface area contributed by atoms with Gasteiger partial charge in [0.05, 0.1) is 19.1 Å². The monoisotopic (exact) mass is 960 g/mol. The summed E-state index contributed by atoms with van der Waals surface area (Å²) in [5.74, 6) is -6.11. The molecule has 18 heteroatoms. The summed E-state index contributed by atoms with van der Waals surface area (Å²) in [7, 11) is 0. The number of fused-ring (bicyclic) bond motifs is 3. The van der Waals surface area contributed by atoms with E-state index in [0.717, 1.165) is 86.4 Å². The molecular weight excluding hydrogens is 887 g/mol. The third-order valence-electron chi connectivity index (χ3n) is 12.5. The van der Waals surface area contributed by atoms with Crippen LogP contribution in [0.4, 0.5) is 0 Å². The van der Waals surface area contributed by atoms with Crippen molar-refractivity contribution in [2.24, 2.45) is 11.7 Å². The fourth-order valence-electron chi connectivity index (χ4n) is 8.80. The number of para-hydroxylation sites is 1. The SMILES string of the molecule is CC(C)C[C@H](NC(=O)[C@@H](NC(=O)CCCCCCCCCCCCCCC(=O)N[C@@H](CC(N)=O)C(=O)N[C@@H](Cc1ccccc1)C(=O)O)[C@H](C)O)C(=O)N1Cc2[nH]c3ccccc3c2CC1C(=O)O. The first-order valence-electron chi connectivity index (χ1n) is 24.5. The number of amides is 6. The minimum absolute atomic E-state index is 0.0287. The molecular formula is C51H73N7O11. The zero-order chi connectivity index (χ0) is 50.5. The van der Waals surface area contributed by atoms with Crippen LogP contribution in [0.3, 0.4) is 0 Å². The van der Waals surface area contributed by atoms with Crippen molar-refractivity contribution in [3.63, 3.8) is 0 Å². The molecule has 6 atom stereocenters. The molecule has 1 aliphatic rings. The third kappa shape index (κ3) is 18.3. The molecule has 0 aliphatic carbocycles. The Kier molecular flexibility index (Phi) is 22.6. The molecule has 69 heavy (non-hydrogen) atoms. The number of unbranched alkanes of at least 4 members (excludes halogenated alkanes) is 11.